The van der Waals surface area contributed by atoms with Gasteiger partial charge in [0.1, 0.15) is 5.82 Å². The maximum absolute atomic E-state index is 14.3. The topological polar surface area (TPSA) is 15.3 Å². The van der Waals surface area contributed by atoms with E-state index in [9.17, 15) is 4.39 Å². The molecule has 128 valence electrons. The lowest BCUT2D eigenvalue weighted by Crippen LogP contribution is -2.45. The number of piperazine rings is 1. The van der Waals surface area contributed by atoms with E-state index in [1.165, 1.54) is 6.07 Å². The smallest absolute Gasteiger partial charge is 0.129 e. The van der Waals surface area contributed by atoms with Crippen LogP contribution in [0.1, 0.15) is 38.3 Å². The molecule has 0 bridgehead atoms. The largest absolute Gasteiger partial charge is 0.314 e. The third-order valence-electron chi connectivity index (χ3n) is 3.93. The predicted molar refractivity (Wildman–Crippen MR) is 97.2 cm³/mol. The molecule has 1 heterocycles. The fourth-order valence-electron chi connectivity index (χ4n) is 2.79. The molecule has 6 heteroatoms. The fraction of sp³-hybridized carbons (Fsp3) is 0.625. The van der Waals surface area contributed by atoms with E-state index < -0.39 is 0 Å². The van der Waals surface area contributed by atoms with Crippen molar-refractivity contribution in [3.63, 3.8) is 0 Å². The van der Waals surface area contributed by atoms with Crippen LogP contribution in [-0.4, -0.2) is 31.1 Å². The Bertz CT molecular complexity index is 437. The molecular formula is C16H26Cl3FN2. The second kappa shape index (κ2) is 10.7. The quantitative estimate of drug-likeness (QED) is 0.806. The van der Waals surface area contributed by atoms with Gasteiger partial charge in [-0.25, -0.2) is 4.39 Å². The van der Waals surface area contributed by atoms with Gasteiger partial charge in [-0.15, -0.1) is 24.8 Å². The van der Waals surface area contributed by atoms with Crippen LogP contribution in [0.3, 0.4) is 0 Å². The van der Waals surface area contributed by atoms with E-state index in [0.717, 1.165) is 44.6 Å². The molecule has 1 saturated heterocycles. The highest BCUT2D eigenvalue weighted by molar-refractivity contribution is 6.30. The zero-order valence-corrected chi connectivity index (χ0v) is 15.5. The van der Waals surface area contributed by atoms with E-state index >= 15 is 0 Å². The lowest BCUT2D eigenvalue weighted by Gasteiger charge is -2.35. The molecule has 22 heavy (non-hydrogen) atoms. The molecule has 1 aliphatic rings. The minimum absolute atomic E-state index is 0. The molecule has 0 spiro atoms. The van der Waals surface area contributed by atoms with Gasteiger partial charge in [0.15, 0.2) is 0 Å². The van der Waals surface area contributed by atoms with Crippen molar-refractivity contribution in [1.82, 2.24) is 10.2 Å². The average molecular weight is 372 g/mol. The van der Waals surface area contributed by atoms with Gasteiger partial charge in [-0.05, 0) is 30.9 Å². The van der Waals surface area contributed by atoms with Crippen LogP contribution in [0.5, 0.6) is 0 Å². The normalized spacial score (nSPS) is 16.8. The van der Waals surface area contributed by atoms with Crippen molar-refractivity contribution in [2.45, 2.75) is 32.7 Å². The van der Waals surface area contributed by atoms with Crippen molar-refractivity contribution < 1.29 is 4.39 Å². The Kier molecular flexibility index (Phi) is 10.6. The highest BCUT2D eigenvalue weighted by Crippen LogP contribution is 2.30. The Balaban J connectivity index is 0.00000220. The first-order chi connectivity index (χ1) is 9.58. The van der Waals surface area contributed by atoms with Gasteiger partial charge >= 0.3 is 0 Å². The third kappa shape index (κ3) is 6.21. The van der Waals surface area contributed by atoms with Crippen LogP contribution in [0.25, 0.3) is 0 Å². The molecule has 1 atom stereocenters. The fourth-order valence-corrected chi connectivity index (χ4v) is 2.95. The summed E-state index contributed by atoms with van der Waals surface area (Å²) in [6, 6.07) is 5.24. The lowest BCUT2D eigenvalue weighted by atomic mass is 9.95. The summed E-state index contributed by atoms with van der Waals surface area (Å²) in [6.45, 7) is 8.34. The van der Waals surface area contributed by atoms with Crippen molar-refractivity contribution in [2.75, 3.05) is 26.2 Å². The number of rotatable bonds is 5. The van der Waals surface area contributed by atoms with Crippen LogP contribution >= 0.6 is 36.4 Å². The SMILES string of the molecule is CC(C)CC[C@@H](c1ccc(Cl)cc1F)N1CCNCC1.Cl.Cl. The van der Waals surface area contributed by atoms with Gasteiger partial charge in [0, 0.05) is 42.8 Å². The van der Waals surface area contributed by atoms with Crippen molar-refractivity contribution in [3.8, 4) is 0 Å². The summed E-state index contributed by atoms with van der Waals surface area (Å²) in [5, 5.41) is 3.82. The summed E-state index contributed by atoms with van der Waals surface area (Å²) >= 11 is 5.87. The standard InChI is InChI=1S/C16H24ClFN2.2ClH/c1-12(2)3-6-16(20-9-7-19-8-10-20)14-5-4-13(17)11-15(14)18;;/h4-5,11-12,16,19H,3,6-10H2,1-2H3;2*1H/t16-;;/m0../s1. The van der Waals surface area contributed by atoms with E-state index in [-0.39, 0.29) is 36.7 Å². The average Bonchev–Trinajstić information content (AvgIpc) is 2.42. The van der Waals surface area contributed by atoms with E-state index in [1.54, 1.807) is 6.07 Å². The van der Waals surface area contributed by atoms with Crippen LogP contribution in [0.4, 0.5) is 4.39 Å². The summed E-state index contributed by atoms with van der Waals surface area (Å²) in [4.78, 5) is 2.39. The zero-order valence-electron chi connectivity index (χ0n) is 13.1. The van der Waals surface area contributed by atoms with Crippen LogP contribution in [-0.2, 0) is 0 Å². The number of hydrogen-bond donors (Lipinski definition) is 1. The van der Waals surface area contributed by atoms with Crippen LogP contribution in [0.15, 0.2) is 18.2 Å². The van der Waals surface area contributed by atoms with Gasteiger partial charge in [0.05, 0.1) is 0 Å². The summed E-state index contributed by atoms with van der Waals surface area (Å²) < 4.78 is 14.3. The molecule has 0 aromatic heterocycles. The first-order valence-electron chi connectivity index (χ1n) is 7.47. The van der Waals surface area contributed by atoms with Crippen LogP contribution < -0.4 is 5.32 Å². The molecular weight excluding hydrogens is 346 g/mol. The second-order valence-corrected chi connectivity index (χ2v) is 6.38. The van der Waals surface area contributed by atoms with Gasteiger partial charge in [0.2, 0.25) is 0 Å². The van der Waals surface area contributed by atoms with Crippen LogP contribution in [0.2, 0.25) is 5.02 Å². The summed E-state index contributed by atoms with van der Waals surface area (Å²) in [7, 11) is 0. The van der Waals surface area contributed by atoms with Gasteiger partial charge in [0.25, 0.3) is 0 Å². The summed E-state index contributed by atoms with van der Waals surface area (Å²) in [6.07, 6.45) is 2.10. The van der Waals surface area contributed by atoms with Gasteiger partial charge in [-0.3, -0.25) is 4.90 Å². The molecule has 1 aliphatic heterocycles. The Labute approximate surface area is 150 Å². The number of halogens is 4. The van der Waals surface area contributed by atoms with Gasteiger partial charge in [-0.2, -0.15) is 0 Å². The predicted octanol–water partition coefficient (Wildman–Crippen LogP) is 4.71. The molecule has 0 unspecified atom stereocenters. The highest BCUT2D eigenvalue weighted by Gasteiger charge is 2.24. The molecule has 0 saturated carbocycles. The Morgan fingerprint density at radius 2 is 1.82 bits per heavy atom. The molecule has 0 amide bonds. The minimum atomic E-state index is -0.176. The first kappa shape index (κ1) is 21.9. The van der Waals surface area contributed by atoms with E-state index in [1.807, 2.05) is 6.07 Å². The van der Waals surface area contributed by atoms with Crippen molar-refractivity contribution >= 4 is 36.4 Å². The number of benzene rings is 1. The molecule has 0 radical (unpaired) electrons. The van der Waals surface area contributed by atoms with Gasteiger partial charge in [-0.1, -0.05) is 31.5 Å². The lowest BCUT2D eigenvalue weighted by molar-refractivity contribution is 0.156. The number of nitrogens with one attached hydrogen (secondary N) is 1. The first-order valence-corrected chi connectivity index (χ1v) is 7.85. The van der Waals surface area contributed by atoms with Gasteiger partial charge < -0.3 is 5.32 Å². The molecule has 1 aromatic rings. The van der Waals surface area contributed by atoms with Crippen LogP contribution in [0, 0.1) is 11.7 Å². The maximum atomic E-state index is 14.3. The third-order valence-corrected chi connectivity index (χ3v) is 4.17. The Morgan fingerprint density at radius 1 is 1.18 bits per heavy atom. The van der Waals surface area contributed by atoms with Crippen molar-refractivity contribution in [1.29, 1.82) is 0 Å². The zero-order chi connectivity index (χ0) is 14.5. The maximum Gasteiger partial charge on any atom is 0.129 e. The minimum Gasteiger partial charge on any atom is -0.314 e. The Morgan fingerprint density at radius 3 is 2.36 bits per heavy atom. The molecule has 1 fully saturated rings. The molecule has 0 aliphatic carbocycles. The Hall–Kier alpha value is -0.0600. The summed E-state index contributed by atoms with van der Waals surface area (Å²) in [5.74, 6) is 0.459. The number of nitrogens with zero attached hydrogens (tertiary/aromatic N) is 1. The number of hydrogen-bond acceptors (Lipinski definition) is 2. The molecule has 2 rings (SSSR count). The van der Waals surface area contributed by atoms with Crippen molar-refractivity contribution in [2.24, 2.45) is 5.92 Å². The van der Waals surface area contributed by atoms with E-state index in [2.05, 4.69) is 24.1 Å². The molecule has 2 nitrogen and oxygen atoms in total. The highest BCUT2D eigenvalue weighted by atomic mass is 35.5. The molecule has 1 N–H and O–H groups in total. The van der Waals surface area contributed by atoms with Crippen molar-refractivity contribution in [3.05, 3.63) is 34.6 Å². The van der Waals surface area contributed by atoms with E-state index in [4.69, 9.17) is 11.6 Å². The van der Waals surface area contributed by atoms with E-state index in [0.29, 0.717) is 10.9 Å². The summed E-state index contributed by atoms with van der Waals surface area (Å²) in [5.41, 5.74) is 0.789. The second-order valence-electron chi connectivity index (χ2n) is 5.94. The monoisotopic (exact) mass is 370 g/mol. The molecule has 1 aromatic carbocycles.